The first-order valence-electron chi connectivity index (χ1n) is 3.88. The largest absolute Gasteiger partial charge is 0.417 e. The van der Waals surface area contributed by atoms with Gasteiger partial charge in [0.05, 0.1) is 11.1 Å². The second kappa shape index (κ2) is 4.03. The van der Waals surface area contributed by atoms with Crippen LogP contribution >= 0.6 is 0 Å². The number of pyridine rings is 1. The molecular weight excluding hydrogens is 235 g/mol. The van der Waals surface area contributed by atoms with E-state index in [1.165, 1.54) is 0 Å². The van der Waals surface area contributed by atoms with Gasteiger partial charge in [0, 0.05) is 11.8 Å². The summed E-state index contributed by atoms with van der Waals surface area (Å²) >= 11 is 0. The van der Waals surface area contributed by atoms with Gasteiger partial charge in [-0.15, -0.1) is 0 Å². The number of nitrogens with two attached hydrogens (primary N) is 1. The highest BCUT2D eigenvalue weighted by Gasteiger charge is 2.40. The molecule has 0 aliphatic heterocycles. The van der Waals surface area contributed by atoms with Crippen molar-refractivity contribution in [3.8, 4) is 0 Å². The topological polar surface area (TPSA) is 56.0 Å². The highest BCUT2D eigenvalue weighted by molar-refractivity contribution is 5.79. The molecule has 88 valence electrons. The molecule has 0 amide bonds. The van der Waals surface area contributed by atoms with Gasteiger partial charge in [0.25, 0.3) is 6.43 Å². The average Bonchev–Trinajstić information content (AvgIpc) is 2.15. The lowest BCUT2D eigenvalue weighted by Crippen LogP contribution is -2.16. The first kappa shape index (κ1) is 12.3. The van der Waals surface area contributed by atoms with Crippen LogP contribution < -0.4 is 5.73 Å². The summed E-state index contributed by atoms with van der Waals surface area (Å²) in [6.07, 6.45) is -8.22. The van der Waals surface area contributed by atoms with Crippen LogP contribution in [0.1, 0.15) is 27.9 Å². The number of nitrogen functional groups attached to an aromatic ring is 1. The molecule has 0 spiro atoms. The molecule has 0 radical (unpaired) electrons. The standard InChI is InChI=1S/C8H5F5N2O/c9-6(10)4-5(8(11,12)13)3(2-16)1-15-7(4)14/h1-2,6H,(H2,14,15). The molecule has 8 heteroatoms. The number of carbonyl (C=O) groups excluding carboxylic acids is 1. The molecule has 0 fully saturated rings. The lowest BCUT2D eigenvalue weighted by molar-refractivity contribution is -0.139. The van der Waals surface area contributed by atoms with Gasteiger partial charge in [-0.05, 0) is 0 Å². The molecule has 0 saturated heterocycles. The highest BCUT2D eigenvalue weighted by atomic mass is 19.4. The quantitative estimate of drug-likeness (QED) is 0.638. The van der Waals surface area contributed by atoms with Crippen molar-refractivity contribution in [3.05, 3.63) is 22.9 Å². The third-order valence-electron chi connectivity index (χ3n) is 1.81. The van der Waals surface area contributed by atoms with Gasteiger partial charge in [-0.25, -0.2) is 13.8 Å². The number of carbonyl (C=O) groups is 1. The summed E-state index contributed by atoms with van der Waals surface area (Å²) in [6.45, 7) is 0. The number of alkyl halides is 5. The number of halogens is 5. The monoisotopic (exact) mass is 240 g/mol. The van der Waals surface area contributed by atoms with E-state index in [0.29, 0.717) is 6.20 Å². The third kappa shape index (κ3) is 2.10. The molecule has 1 heterocycles. The Kier molecular flexibility index (Phi) is 3.11. The first-order chi connectivity index (χ1) is 7.29. The van der Waals surface area contributed by atoms with Gasteiger partial charge in [-0.1, -0.05) is 0 Å². The lowest BCUT2D eigenvalue weighted by atomic mass is 10.0. The van der Waals surface area contributed by atoms with Crippen LogP contribution in [0.4, 0.5) is 27.8 Å². The SMILES string of the molecule is Nc1ncc(C=O)c(C(F)(F)F)c1C(F)F. The van der Waals surface area contributed by atoms with Gasteiger partial charge in [0.15, 0.2) is 6.29 Å². The Morgan fingerprint density at radius 1 is 1.38 bits per heavy atom. The summed E-state index contributed by atoms with van der Waals surface area (Å²) in [5.74, 6) is -0.937. The summed E-state index contributed by atoms with van der Waals surface area (Å²) in [4.78, 5) is 13.4. The van der Waals surface area contributed by atoms with Crippen molar-refractivity contribution in [2.24, 2.45) is 0 Å². The van der Waals surface area contributed by atoms with Gasteiger partial charge >= 0.3 is 6.18 Å². The maximum absolute atomic E-state index is 12.5. The van der Waals surface area contributed by atoms with Crippen LogP contribution in [0.5, 0.6) is 0 Å². The fraction of sp³-hybridized carbons (Fsp3) is 0.250. The van der Waals surface area contributed by atoms with Gasteiger partial charge < -0.3 is 5.73 Å². The van der Waals surface area contributed by atoms with Crippen molar-refractivity contribution in [2.75, 3.05) is 5.73 Å². The highest BCUT2D eigenvalue weighted by Crippen LogP contribution is 2.39. The third-order valence-corrected chi connectivity index (χ3v) is 1.81. The van der Waals surface area contributed by atoms with Gasteiger partial charge in [-0.3, -0.25) is 4.79 Å². The Morgan fingerprint density at radius 3 is 2.31 bits per heavy atom. The molecular formula is C8H5F5N2O. The summed E-state index contributed by atoms with van der Waals surface area (Å²) in [6, 6.07) is 0. The van der Waals surface area contributed by atoms with Crippen LogP contribution in [0.15, 0.2) is 6.20 Å². The normalized spacial score (nSPS) is 11.9. The molecule has 3 nitrogen and oxygen atoms in total. The van der Waals surface area contributed by atoms with Crippen molar-refractivity contribution in [1.29, 1.82) is 0 Å². The molecule has 0 aliphatic rings. The molecule has 16 heavy (non-hydrogen) atoms. The number of anilines is 1. The summed E-state index contributed by atoms with van der Waals surface area (Å²) in [7, 11) is 0. The van der Waals surface area contributed by atoms with E-state index in [2.05, 4.69) is 4.98 Å². The minimum Gasteiger partial charge on any atom is -0.383 e. The van der Waals surface area contributed by atoms with E-state index in [4.69, 9.17) is 5.73 Å². The fourth-order valence-corrected chi connectivity index (χ4v) is 1.18. The Bertz CT molecular complexity index is 416. The predicted molar refractivity (Wildman–Crippen MR) is 44.0 cm³/mol. The molecule has 0 atom stereocenters. The zero-order valence-electron chi connectivity index (χ0n) is 7.55. The van der Waals surface area contributed by atoms with Crippen LogP contribution in [0.3, 0.4) is 0 Å². The number of aromatic nitrogens is 1. The van der Waals surface area contributed by atoms with Crippen molar-refractivity contribution < 1.29 is 26.7 Å². The molecule has 0 aliphatic carbocycles. The van der Waals surface area contributed by atoms with Gasteiger partial charge in [0.2, 0.25) is 0 Å². The molecule has 0 aromatic carbocycles. The minimum atomic E-state index is -5.08. The van der Waals surface area contributed by atoms with Crippen LogP contribution in [0.25, 0.3) is 0 Å². The summed E-state index contributed by atoms with van der Waals surface area (Å²) in [5.41, 5.74) is 0.782. The number of hydrogen-bond acceptors (Lipinski definition) is 3. The molecule has 1 rings (SSSR count). The van der Waals surface area contributed by atoms with Crippen molar-refractivity contribution >= 4 is 12.1 Å². The maximum atomic E-state index is 12.5. The second-order valence-electron chi connectivity index (χ2n) is 2.80. The molecule has 2 N–H and O–H groups in total. The van der Waals surface area contributed by atoms with Crippen LogP contribution in [0.2, 0.25) is 0 Å². The Morgan fingerprint density at radius 2 is 1.94 bits per heavy atom. The van der Waals surface area contributed by atoms with E-state index >= 15 is 0 Å². The average molecular weight is 240 g/mol. The zero-order valence-corrected chi connectivity index (χ0v) is 7.55. The van der Waals surface area contributed by atoms with Crippen LogP contribution in [-0.2, 0) is 6.18 Å². The smallest absolute Gasteiger partial charge is 0.383 e. The second-order valence-corrected chi connectivity index (χ2v) is 2.80. The fourth-order valence-electron chi connectivity index (χ4n) is 1.18. The van der Waals surface area contributed by atoms with Crippen LogP contribution in [0, 0.1) is 0 Å². The molecule has 0 bridgehead atoms. The number of aldehydes is 1. The molecule has 1 aromatic rings. The van der Waals surface area contributed by atoms with E-state index < -0.39 is 35.1 Å². The van der Waals surface area contributed by atoms with E-state index in [1.54, 1.807) is 0 Å². The number of nitrogens with zero attached hydrogens (tertiary/aromatic N) is 1. The number of hydrogen-bond donors (Lipinski definition) is 1. The number of rotatable bonds is 2. The van der Waals surface area contributed by atoms with E-state index in [-0.39, 0.29) is 6.29 Å². The molecule has 1 aromatic heterocycles. The van der Waals surface area contributed by atoms with Crippen molar-refractivity contribution in [2.45, 2.75) is 12.6 Å². The van der Waals surface area contributed by atoms with Crippen LogP contribution in [-0.4, -0.2) is 11.3 Å². The maximum Gasteiger partial charge on any atom is 0.417 e. The van der Waals surface area contributed by atoms with E-state index in [0.717, 1.165) is 0 Å². The van der Waals surface area contributed by atoms with E-state index in [9.17, 15) is 26.7 Å². The summed E-state index contributed by atoms with van der Waals surface area (Å²) in [5, 5.41) is 0. The zero-order chi connectivity index (χ0) is 12.5. The Labute approximate surface area is 86.1 Å². The van der Waals surface area contributed by atoms with Gasteiger partial charge in [-0.2, -0.15) is 13.2 Å². The van der Waals surface area contributed by atoms with Gasteiger partial charge in [0.1, 0.15) is 5.82 Å². The van der Waals surface area contributed by atoms with E-state index in [1.807, 2.05) is 0 Å². The minimum absolute atomic E-state index is 0.193. The van der Waals surface area contributed by atoms with Crippen molar-refractivity contribution in [1.82, 2.24) is 4.98 Å². The first-order valence-corrected chi connectivity index (χ1v) is 3.88. The Balaban J connectivity index is 3.62. The van der Waals surface area contributed by atoms with Crippen molar-refractivity contribution in [3.63, 3.8) is 0 Å². The molecule has 0 saturated carbocycles. The summed E-state index contributed by atoms with van der Waals surface area (Å²) < 4.78 is 62.2. The Hall–Kier alpha value is -1.73. The lowest BCUT2D eigenvalue weighted by Gasteiger charge is -2.15. The molecule has 0 unspecified atom stereocenters. The predicted octanol–water partition coefficient (Wildman–Crippen LogP) is 2.43.